The topological polar surface area (TPSA) is 12.0 Å². The molecular weight excluding hydrogens is 350 g/mol. The lowest BCUT2D eigenvalue weighted by Gasteiger charge is -2.08. The molecule has 0 saturated heterocycles. The summed E-state index contributed by atoms with van der Waals surface area (Å²) < 4.78 is 2.16. The monoisotopic (exact) mass is 359 g/mol. The summed E-state index contributed by atoms with van der Waals surface area (Å²) in [7, 11) is 0. The molecule has 1 heterocycles. The van der Waals surface area contributed by atoms with Gasteiger partial charge in [-0.15, -0.1) is 11.3 Å². The van der Waals surface area contributed by atoms with Crippen molar-refractivity contribution < 1.29 is 0 Å². The Hall–Kier alpha value is -0.320. The number of thiophene rings is 1. The van der Waals surface area contributed by atoms with E-state index < -0.39 is 0 Å². The summed E-state index contributed by atoms with van der Waals surface area (Å²) in [6, 6.07) is 8.30. The molecule has 84 valence electrons. The predicted molar refractivity (Wildman–Crippen MR) is 78.2 cm³/mol. The van der Waals surface area contributed by atoms with Gasteiger partial charge in [-0.05, 0) is 58.1 Å². The molecule has 1 nitrogen and oxygen atoms in total. The van der Waals surface area contributed by atoms with E-state index in [9.17, 15) is 0 Å². The zero-order valence-electron chi connectivity index (χ0n) is 8.76. The molecule has 16 heavy (non-hydrogen) atoms. The van der Waals surface area contributed by atoms with Gasteiger partial charge in [0.1, 0.15) is 0 Å². The first-order chi connectivity index (χ1) is 7.66. The Morgan fingerprint density at radius 3 is 2.69 bits per heavy atom. The van der Waals surface area contributed by atoms with Gasteiger partial charge < -0.3 is 5.32 Å². The van der Waals surface area contributed by atoms with Crippen LogP contribution in [0.1, 0.15) is 10.4 Å². The molecule has 1 aromatic heterocycles. The molecule has 0 saturated carbocycles. The third-order valence-electron chi connectivity index (χ3n) is 2.34. The van der Waals surface area contributed by atoms with Crippen LogP contribution in [0.4, 0.5) is 5.69 Å². The Kier molecular flexibility index (Phi) is 4.05. The first-order valence-electron chi connectivity index (χ1n) is 4.88. The molecule has 0 bridgehead atoms. The van der Waals surface area contributed by atoms with Crippen molar-refractivity contribution in [1.29, 1.82) is 0 Å². The number of halogens is 2. The lowest BCUT2D eigenvalue weighted by molar-refractivity contribution is 1.16. The number of hydrogen-bond donors (Lipinski definition) is 1. The van der Waals surface area contributed by atoms with E-state index in [1.807, 2.05) is 12.1 Å². The summed E-state index contributed by atoms with van der Waals surface area (Å²) in [5, 5.41) is 5.55. The maximum absolute atomic E-state index is 3.54. The van der Waals surface area contributed by atoms with Crippen LogP contribution < -0.4 is 5.32 Å². The summed E-state index contributed by atoms with van der Waals surface area (Å²) in [4.78, 5) is 1.38. The van der Waals surface area contributed by atoms with Gasteiger partial charge in [-0.3, -0.25) is 0 Å². The van der Waals surface area contributed by atoms with Crippen molar-refractivity contribution in [2.75, 3.05) is 5.32 Å². The van der Waals surface area contributed by atoms with Gasteiger partial charge in [0.2, 0.25) is 0 Å². The standard InChI is InChI=1S/C12H11Br2NS/c1-8-4-5-16-12(8)7-15-11-3-2-9(13)6-10(11)14/h2-6,15H,7H2,1H3. The Labute approximate surface area is 116 Å². The van der Waals surface area contributed by atoms with Crippen LogP contribution in [0.2, 0.25) is 0 Å². The van der Waals surface area contributed by atoms with E-state index in [0.717, 1.165) is 21.2 Å². The van der Waals surface area contributed by atoms with Crippen molar-refractivity contribution in [3.8, 4) is 0 Å². The fraction of sp³-hybridized carbons (Fsp3) is 0.167. The first-order valence-corrected chi connectivity index (χ1v) is 7.35. The molecular formula is C12H11Br2NS. The highest BCUT2D eigenvalue weighted by Crippen LogP contribution is 2.27. The number of nitrogens with one attached hydrogen (secondary N) is 1. The van der Waals surface area contributed by atoms with Crippen LogP contribution >= 0.6 is 43.2 Å². The molecule has 1 aromatic carbocycles. The minimum absolute atomic E-state index is 0.879. The Morgan fingerprint density at radius 2 is 2.06 bits per heavy atom. The fourth-order valence-electron chi connectivity index (χ4n) is 1.39. The summed E-state index contributed by atoms with van der Waals surface area (Å²) in [6.07, 6.45) is 0. The number of aryl methyl sites for hydroxylation is 1. The van der Waals surface area contributed by atoms with E-state index >= 15 is 0 Å². The highest BCUT2D eigenvalue weighted by Gasteiger charge is 2.02. The van der Waals surface area contributed by atoms with Crippen molar-refractivity contribution in [2.45, 2.75) is 13.5 Å². The maximum Gasteiger partial charge on any atom is 0.0497 e. The second-order valence-electron chi connectivity index (χ2n) is 3.50. The van der Waals surface area contributed by atoms with Crippen LogP contribution in [-0.2, 0) is 6.54 Å². The zero-order chi connectivity index (χ0) is 11.5. The molecule has 4 heteroatoms. The third-order valence-corrected chi connectivity index (χ3v) is 4.51. The Balaban J connectivity index is 2.08. The van der Waals surface area contributed by atoms with Crippen LogP contribution in [0, 0.1) is 6.92 Å². The van der Waals surface area contributed by atoms with Crippen LogP contribution in [0.3, 0.4) is 0 Å². The van der Waals surface area contributed by atoms with E-state index in [4.69, 9.17) is 0 Å². The molecule has 0 spiro atoms. The predicted octanol–water partition coefficient (Wildman–Crippen LogP) is 5.19. The van der Waals surface area contributed by atoms with E-state index in [0.29, 0.717) is 0 Å². The Bertz CT molecular complexity index is 494. The molecule has 2 rings (SSSR count). The highest BCUT2D eigenvalue weighted by molar-refractivity contribution is 9.11. The maximum atomic E-state index is 3.54. The average molecular weight is 361 g/mol. The largest absolute Gasteiger partial charge is 0.379 e. The molecule has 0 unspecified atom stereocenters. The second-order valence-corrected chi connectivity index (χ2v) is 6.28. The normalized spacial score (nSPS) is 10.4. The number of hydrogen-bond acceptors (Lipinski definition) is 2. The van der Waals surface area contributed by atoms with Crippen LogP contribution in [0.5, 0.6) is 0 Å². The minimum Gasteiger partial charge on any atom is -0.379 e. The van der Waals surface area contributed by atoms with Crippen molar-refractivity contribution >= 4 is 48.9 Å². The first kappa shape index (κ1) is 12.1. The van der Waals surface area contributed by atoms with Crippen LogP contribution in [-0.4, -0.2) is 0 Å². The van der Waals surface area contributed by atoms with E-state index in [2.05, 4.69) is 61.6 Å². The van der Waals surface area contributed by atoms with Crippen LogP contribution in [0.25, 0.3) is 0 Å². The summed E-state index contributed by atoms with van der Waals surface area (Å²) in [6.45, 7) is 3.02. The van der Waals surface area contributed by atoms with Crippen LogP contribution in [0.15, 0.2) is 38.6 Å². The van der Waals surface area contributed by atoms with Crippen molar-refractivity contribution in [3.05, 3.63) is 49.0 Å². The summed E-state index contributed by atoms with van der Waals surface area (Å²) in [5.74, 6) is 0. The summed E-state index contributed by atoms with van der Waals surface area (Å²) in [5.41, 5.74) is 2.47. The zero-order valence-corrected chi connectivity index (χ0v) is 12.7. The quantitative estimate of drug-likeness (QED) is 0.793. The van der Waals surface area contributed by atoms with Gasteiger partial charge in [0.15, 0.2) is 0 Å². The average Bonchev–Trinajstić information content (AvgIpc) is 2.63. The highest BCUT2D eigenvalue weighted by atomic mass is 79.9. The Morgan fingerprint density at radius 1 is 1.25 bits per heavy atom. The van der Waals surface area contributed by atoms with Gasteiger partial charge in [0.25, 0.3) is 0 Å². The summed E-state index contributed by atoms with van der Waals surface area (Å²) >= 11 is 8.77. The second kappa shape index (κ2) is 5.34. The van der Waals surface area contributed by atoms with E-state index in [-0.39, 0.29) is 0 Å². The third kappa shape index (κ3) is 2.87. The van der Waals surface area contributed by atoms with Gasteiger partial charge >= 0.3 is 0 Å². The molecule has 0 atom stereocenters. The van der Waals surface area contributed by atoms with Gasteiger partial charge in [-0.25, -0.2) is 0 Å². The van der Waals surface area contributed by atoms with Gasteiger partial charge in [-0.2, -0.15) is 0 Å². The smallest absolute Gasteiger partial charge is 0.0497 e. The molecule has 0 fully saturated rings. The van der Waals surface area contributed by atoms with Gasteiger partial charge in [-0.1, -0.05) is 15.9 Å². The fourth-order valence-corrected chi connectivity index (χ4v) is 3.43. The van der Waals surface area contributed by atoms with Crippen molar-refractivity contribution in [2.24, 2.45) is 0 Å². The van der Waals surface area contributed by atoms with Gasteiger partial charge in [0, 0.05) is 26.1 Å². The van der Waals surface area contributed by atoms with E-state index in [1.165, 1.54) is 10.4 Å². The van der Waals surface area contributed by atoms with Crippen molar-refractivity contribution in [3.63, 3.8) is 0 Å². The molecule has 2 aromatic rings. The molecule has 0 aliphatic heterocycles. The van der Waals surface area contributed by atoms with Crippen molar-refractivity contribution in [1.82, 2.24) is 0 Å². The molecule has 1 N–H and O–H groups in total. The number of rotatable bonds is 3. The molecule has 0 aliphatic rings. The lowest BCUT2D eigenvalue weighted by Crippen LogP contribution is -1.99. The lowest BCUT2D eigenvalue weighted by atomic mass is 10.3. The molecule has 0 radical (unpaired) electrons. The van der Waals surface area contributed by atoms with Gasteiger partial charge in [0.05, 0.1) is 0 Å². The number of anilines is 1. The minimum atomic E-state index is 0.879. The number of benzene rings is 1. The van der Waals surface area contributed by atoms with E-state index in [1.54, 1.807) is 11.3 Å². The molecule has 0 aliphatic carbocycles. The SMILES string of the molecule is Cc1ccsc1CNc1ccc(Br)cc1Br. The molecule has 0 amide bonds.